The molecule has 0 amide bonds. The summed E-state index contributed by atoms with van der Waals surface area (Å²) in [6.07, 6.45) is 0.973. The van der Waals surface area contributed by atoms with E-state index in [9.17, 15) is 10.1 Å². The van der Waals surface area contributed by atoms with Crippen LogP contribution in [-0.4, -0.2) is 30.7 Å². The third-order valence-corrected chi connectivity index (χ3v) is 2.61. The summed E-state index contributed by atoms with van der Waals surface area (Å²) in [7, 11) is 0. The Kier molecular flexibility index (Phi) is 3.48. The number of hydrogen-bond donors (Lipinski definition) is 1. The average molecular weight is 222 g/mol. The van der Waals surface area contributed by atoms with Crippen molar-refractivity contribution in [2.75, 3.05) is 19.7 Å². The second kappa shape index (κ2) is 5.05. The van der Waals surface area contributed by atoms with Crippen molar-refractivity contribution in [3.63, 3.8) is 0 Å². The highest BCUT2D eigenvalue weighted by molar-refractivity contribution is 5.33. The normalized spacial score (nSPS) is 20.6. The van der Waals surface area contributed by atoms with Crippen LogP contribution < -0.4 is 5.32 Å². The van der Waals surface area contributed by atoms with Crippen LogP contribution in [0.3, 0.4) is 0 Å². The number of rotatable bonds is 3. The Morgan fingerprint density at radius 3 is 2.75 bits per heavy atom. The van der Waals surface area contributed by atoms with E-state index >= 15 is 0 Å². The SMILES string of the molecule is O=[N+]([O-])c1ccc(CC2CNCCO2)cc1. The predicted molar refractivity (Wildman–Crippen MR) is 59.4 cm³/mol. The Morgan fingerprint density at radius 1 is 1.44 bits per heavy atom. The van der Waals surface area contributed by atoms with Crippen LogP contribution in [0, 0.1) is 10.1 Å². The van der Waals surface area contributed by atoms with Crippen molar-refractivity contribution < 1.29 is 9.66 Å². The molecule has 5 nitrogen and oxygen atoms in total. The first-order valence-corrected chi connectivity index (χ1v) is 5.31. The molecule has 0 saturated carbocycles. The van der Waals surface area contributed by atoms with Crippen LogP contribution in [0.15, 0.2) is 24.3 Å². The molecular weight excluding hydrogens is 208 g/mol. The number of nitro benzene ring substituents is 1. The van der Waals surface area contributed by atoms with Gasteiger partial charge in [0, 0.05) is 25.2 Å². The number of non-ortho nitro benzene ring substituents is 1. The molecule has 16 heavy (non-hydrogen) atoms. The number of nitro groups is 1. The zero-order valence-electron chi connectivity index (χ0n) is 8.89. The van der Waals surface area contributed by atoms with E-state index < -0.39 is 0 Å². The van der Waals surface area contributed by atoms with Gasteiger partial charge in [-0.15, -0.1) is 0 Å². The summed E-state index contributed by atoms with van der Waals surface area (Å²) in [5.41, 5.74) is 1.20. The molecule has 1 unspecified atom stereocenters. The third kappa shape index (κ3) is 2.77. The molecule has 1 aliphatic heterocycles. The molecule has 0 spiro atoms. The monoisotopic (exact) mass is 222 g/mol. The topological polar surface area (TPSA) is 64.4 Å². The summed E-state index contributed by atoms with van der Waals surface area (Å²) in [5.74, 6) is 0. The van der Waals surface area contributed by atoms with E-state index in [0.29, 0.717) is 0 Å². The van der Waals surface area contributed by atoms with Crippen LogP contribution in [0.5, 0.6) is 0 Å². The van der Waals surface area contributed by atoms with Gasteiger partial charge in [-0.1, -0.05) is 12.1 Å². The number of benzene rings is 1. The van der Waals surface area contributed by atoms with Gasteiger partial charge in [-0.2, -0.15) is 0 Å². The lowest BCUT2D eigenvalue weighted by Gasteiger charge is -2.23. The Labute approximate surface area is 93.6 Å². The number of ether oxygens (including phenoxy) is 1. The molecule has 0 radical (unpaired) electrons. The molecule has 5 heteroatoms. The van der Waals surface area contributed by atoms with Crippen LogP contribution in [0.25, 0.3) is 0 Å². The lowest BCUT2D eigenvalue weighted by Crippen LogP contribution is -2.39. The average Bonchev–Trinajstić information content (AvgIpc) is 2.31. The summed E-state index contributed by atoms with van der Waals surface area (Å²) >= 11 is 0. The van der Waals surface area contributed by atoms with E-state index in [2.05, 4.69) is 5.32 Å². The molecule has 0 aromatic heterocycles. The Hall–Kier alpha value is -1.46. The minimum atomic E-state index is -0.386. The predicted octanol–water partition coefficient (Wildman–Crippen LogP) is 1.13. The molecule has 1 atom stereocenters. The highest BCUT2D eigenvalue weighted by Crippen LogP contribution is 2.14. The molecule has 1 aliphatic rings. The first-order chi connectivity index (χ1) is 7.75. The second-order valence-electron chi connectivity index (χ2n) is 3.82. The molecule has 1 saturated heterocycles. The van der Waals surface area contributed by atoms with Gasteiger partial charge in [0.15, 0.2) is 0 Å². The summed E-state index contributed by atoms with van der Waals surface area (Å²) in [5, 5.41) is 13.7. The quantitative estimate of drug-likeness (QED) is 0.615. The molecule has 1 aromatic rings. The minimum Gasteiger partial charge on any atom is -0.375 e. The van der Waals surface area contributed by atoms with E-state index in [1.54, 1.807) is 12.1 Å². The maximum absolute atomic E-state index is 10.5. The summed E-state index contributed by atoms with van der Waals surface area (Å²) in [4.78, 5) is 10.1. The standard InChI is InChI=1S/C11H14N2O3/c14-13(15)10-3-1-9(2-4-10)7-11-8-12-5-6-16-11/h1-4,11-12H,5-8H2. The van der Waals surface area contributed by atoms with Gasteiger partial charge in [0.2, 0.25) is 0 Å². The molecule has 1 fully saturated rings. The van der Waals surface area contributed by atoms with Crippen molar-refractivity contribution in [3.8, 4) is 0 Å². The van der Waals surface area contributed by atoms with Crippen molar-refractivity contribution in [1.82, 2.24) is 5.32 Å². The van der Waals surface area contributed by atoms with E-state index in [0.717, 1.165) is 31.7 Å². The first kappa shape index (κ1) is 11.0. The van der Waals surface area contributed by atoms with Gasteiger partial charge in [0.25, 0.3) is 5.69 Å². The third-order valence-electron chi connectivity index (χ3n) is 2.61. The fourth-order valence-electron chi connectivity index (χ4n) is 1.77. The molecular formula is C11H14N2O3. The Balaban J connectivity index is 1.96. The fraction of sp³-hybridized carbons (Fsp3) is 0.455. The van der Waals surface area contributed by atoms with Gasteiger partial charge in [0.05, 0.1) is 17.6 Å². The van der Waals surface area contributed by atoms with Gasteiger partial charge in [0.1, 0.15) is 0 Å². The molecule has 2 rings (SSSR count). The van der Waals surface area contributed by atoms with E-state index in [1.165, 1.54) is 12.1 Å². The number of morpholine rings is 1. The maximum atomic E-state index is 10.5. The van der Waals surface area contributed by atoms with Crippen molar-refractivity contribution in [2.45, 2.75) is 12.5 Å². The van der Waals surface area contributed by atoms with Gasteiger partial charge in [-0.25, -0.2) is 0 Å². The van der Waals surface area contributed by atoms with E-state index in [1.807, 2.05) is 0 Å². The number of hydrogen-bond acceptors (Lipinski definition) is 4. The van der Waals surface area contributed by atoms with Crippen LogP contribution in [0.4, 0.5) is 5.69 Å². The van der Waals surface area contributed by atoms with Crippen molar-refractivity contribution in [1.29, 1.82) is 0 Å². The number of nitrogens with zero attached hydrogens (tertiary/aromatic N) is 1. The first-order valence-electron chi connectivity index (χ1n) is 5.31. The number of nitrogens with one attached hydrogen (secondary N) is 1. The summed E-state index contributed by atoms with van der Waals surface area (Å²) in [6, 6.07) is 6.64. The van der Waals surface area contributed by atoms with Gasteiger partial charge < -0.3 is 10.1 Å². The zero-order valence-corrected chi connectivity index (χ0v) is 8.89. The lowest BCUT2D eigenvalue weighted by atomic mass is 10.1. The van der Waals surface area contributed by atoms with Gasteiger partial charge >= 0.3 is 0 Å². The second-order valence-corrected chi connectivity index (χ2v) is 3.82. The summed E-state index contributed by atoms with van der Waals surface area (Å²) in [6.45, 7) is 2.48. The highest BCUT2D eigenvalue weighted by atomic mass is 16.6. The van der Waals surface area contributed by atoms with Crippen LogP contribution >= 0.6 is 0 Å². The summed E-state index contributed by atoms with van der Waals surface area (Å²) < 4.78 is 5.56. The lowest BCUT2D eigenvalue weighted by molar-refractivity contribution is -0.384. The minimum absolute atomic E-state index is 0.131. The molecule has 86 valence electrons. The molecule has 0 bridgehead atoms. The van der Waals surface area contributed by atoms with E-state index in [4.69, 9.17) is 4.74 Å². The maximum Gasteiger partial charge on any atom is 0.269 e. The van der Waals surface area contributed by atoms with Gasteiger partial charge in [-0.3, -0.25) is 10.1 Å². The molecule has 0 aliphatic carbocycles. The molecule has 1 aromatic carbocycles. The van der Waals surface area contributed by atoms with Crippen LogP contribution in [0.1, 0.15) is 5.56 Å². The van der Waals surface area contributed by atoms with Gasteiger partial charge in [-0.05, 0) is 12.0 Å². The molecule has 1 heterocycles. The molecule has 1 N–H and O–H groups in total. The Bertz CT molecular complexity index is 358. The van der Waals surface area contributed by atoms with Crippen molar-refractivity contribution in [3.05, 3.63) is 39.9 Å². The largest absolute Gasteiger partial charge is 0.375 e. The Morgan fingerprint density at radius 2 is 2.19 bits per heavy atom. The van der Waals surface area contributed by atoms with Crippen LogP contribution in [-0.2, 0) is 11.2 Å². The van der Waals surface area contributed by atoms with E-state index in [-0.39, 0.29) is 16.7 Å². The zero-order chi connectivity index (χ0) is 11.4. The van der Waals surface area contributed by atoms with Crippen LogP contribution in [0.2, 0.25) is 0 Å². The van der Waals surface area contributed by atoms with Crippen molar-refractivity contribution in [2.24, 2.45) is 0 Å². The highest BCUT2D eigenvalue weighted by Gasteiger charge is 2.14. The smallest absolute Gasteiger partial charge is 0.269 e. The van der Waals surface area contributed by atoms with Crippen molar-refractivity contribution >= 4 is 5.69 Å². The fourth-order valence-corrected chi connectivity index (χ4v) is 1.77.